The van der Waals surface area contributed by atoms with Crippen LogP contribution in [0.2, 0.25) is 0 Å². The van der Waals surface area contributed by atoms with Gasteiger partial charge in [-0.05, 0) is 24.1 Å². The summed E-state index contributed by atoms with van der Waals surface area (Å²) in [6.45, 7) is 0.940. The number of nitrogens with zero attached hydrogens (tertiary/aromatic N) is 2. The average molecular weight is 342 g/mol. The van der Waals surface area contributed by atoms with Crippen molar-refractivity contribution in [1.82, 2.24) is 4.31 Å². The normalized spacial score (nSPS) is 18.9. The highest BCUT2D eigenvalue weighted by Gasteiger charge is 2.32. The van der Waals surface area contributed by atoms with Gasteiger partial charge in [-0.2, -0.15) is 9.57 Å². The van der Waals surface area contributed by atoms with Crippen molar-refractivity contribution in [2.75, 3.05) is 19.7 Å². The molecule has 1 saturated heterocycles. The second-order valence-electron chi connectivity index (χ2n) is 5.65. The van der Waals surface area contributed by atoms with Gasteiger partial charge in [-0.1, -0.05) is 42.5 Å². The summed E-state index contributed by atoms with van der Waals surface area (Å²) in [6.07, 6.45) is 0.470. The molecular formula is C18H18N2O3S. The summed E-state index contributed by atoms with van der Waals surface area (Å²) in [5.41, 5.74) is 1.28. The van der Waals surface area contributed by atoms with E-state index in [0.29, 0.717) is 19.6 Å². The van der Waals surface area contributed by atoms with Gasteiger partial charge in [0.15, 0.2) is 0 Å². The first-order valence-electron chi connectivity index (χ1n) is 7.76. The number of benzene rings is 2. The molecule has 0 amide bonds. The molecule has 1 unspecified atom stereocenters. The third-order valence-corrected chi connectivity index (χ3v) is 5.96. The average Bonchev–Trinajstić information content (AvgIpc) is 2.63. The van der Waals surface area contributed by atoms with E-state index in [1.54, 1.807) is 12.1 Å². The van der Waals surface area contributed by atoms with E-state index in [1.807, 2.05) is 36.4 Å². The zero-order valence-electron chi connectivity index (χ0n) is 13.1. The number of morpholine rings is 1. The molecule has 1 heterocycles. The Morgan fingerprint density at radius 3 is 2.58 bits per heavy atom. The van der Waals surface area contributed by atoms with Crippen molar-refractivity contribution in [3.05, 3.63) is 65.7 Å². The summed E-state index contributed by atoms with van der Waals surface area (Å²) >= 11 is 0. The van der Waals surface area contributed by atoms with Crippen LogP contribution in [-0.2, 0) is 21.2 Å². The van der Waals surface area contributed by atoms with E-state index < -0.39 is 10.0 Å². The number of ether oxygens (including phenoxy) is 1. The Kier molecular flexibility index (Phi) is 4.95. The van der Waals surface area contributed by atoms with E-state index in [4.69, 9.17) is 10.00 Å². The monoisotopic (exact) mass is 342 g/mol. The molecule has 2 aromatic rings. The summed E-state index contributed by atoms with van der Waals surface area (Å²) in [5, 5.41) is 9.17. The summed E-state index contributed by atoms with van der Waals surface area (Å²) in [5.74, 6) is 0. The molecule has 0 aliphatic carbocycles. The molecular weight excluding hydrogens is 324 g/mol. The Bertz CT molecular complexity index is 844. The molecule has 0 spiro atoms. The molecule has 1 aliphatic rings. The van der Waals surface area contributed by atoms with Gasteiger partial charge in [0.2, 0.25) is 10.0 Å². The lowest BCUT2D eigenvalue weighted by atomic mass is 10.1. The van der Waals surface area contributed by atoms with Gasteiger partial charge >= 0.3 is 0 Å². The quantitative estimate of drug-likeness (QED) is 0.854. The fraction of sp³-hybridized carbons (Fsp3) is 0.278. The van der Waals surface area contributed by atoms with E-state index >= 15 is 0 Å². The van der Waals surface area contributed by atoms with Crippen molar-refractivity contribution in [2.45, 2.75) is 17.4 Å². The van der Waals surface area contributed by atoms with Gasteiger partial charge in [-0.3, -0.25) is 0 Å². The Labute approximate surface area is 142 Å². The predicted molar refractivity (Wildman–Crippen MR) is 89.8 cm³/mol. The molecule has 1 aliphatic heterocycles. The second kappa shape index (κ2) is 7.14. The number of sulfonamides is 1. The van der Waals surface area contributed by atoms with Crippen LogP contribution in [0, 0.1) is 11.3 Å². The molecule has 0 aromatic heterocycles. The van der Waals surface area contributed by atoms with E-state index in [0.717, 1.165) is 5.56 Å². The van der Waals surface area contributed by atoms with Crippen LogP contribution in [0.25, 0.3) is 0 Å². The molecule has 1 atom stereocenters. The Morgan fingerprint density at radius 2 is 1.83 bits per heavy atom. The lowest BCUT2D eigenvalue weighted by Crippen LogP contribution is -2.46. The molecule has 1 fully saturated rings. The van der Waals surface area contributed by atoms with Gasteiger partial charge in [-0.15, -0.1) is 0 Å². The van der Waals surface area contributed by atoms with E-state index in [9.17, 15) is 8.42 Å². The highest BCUT2D eigenvalue weighted by Crippen LogP contribution is 2.22. The third kappa shape index (κ3) is 3.49. The number of rotatable bonds is 4. The smallest absolute Gasteiger partial charge is 0.244 e. The zero-order valence-corrected chi connectivity index (χ0v) is 13.9. The zero-order chi connectivity index (χ0) is 17.0. The van der Waals surface area contributed by atoms with E-state index in [-0.39, 0.29) is 23.1 Å². The molecule has 0 saturated carbocycles. The Hall–Kier alpha value is -2.20. The van der Waals surface area contributed by atoms with Gasteiger partial charge in [0.25, 0.3) is 0 Å². The SMILES string of the molecule is N#Cc1ccccc1S(=O)(=O)N1CCOC(Cc2ccccc2)C1. The van der Waals surface area contributed by atoms with Gasteiger partial charge in [0.1, 0.15) is 6.07 Å². The molecule has 5 nitrogen and oxygen atoms in total. The first kappa shape index (κ1) is 16.7. The Morgan fingerprint density at radius 1 is 1.12 bits per heavy atom. The van der Waals surface area contributed by atoms with Crippen LogP contribution >= 0.6 is 0 Å². The number of hydrogen-bond acceptors (Lipinski definition) is 4. The van der Waals surface area contributed by atoms with E-state index in [2.05, 4.69) is 0 Å². The molecule has 0 N–H and O–H groups in total. The summed E-state index contributed by atoms with van der Waals surface area (Å²) in [6, 6.07) is 18.1. The van der Waals surface area contributed by atoms with Crippen molar-refractivity contribution in [3.8, 4) is 6.07 Å². The third-order valence-electron chi connectivity index (χ3n) is 4.03. The van der Waals surface area contributed by atoms with Crippen molar-refractivity contribution in [3.63, 3.8) is 0 Å². The highest BCUT2D eigenvalue weighted by atomic mass is 32.2. The number of nitriles is 1. The first-order valence-corrected chi connectivity index (χ1v) is 9.20. The van der Waals surface area contributed by atoms with Gasteiger partial charge in [-0.25, -0.2) is 8.42 Å². The fourth-order valence-electron chi connectivity index (χ4n) is 2.83. The molecule has 6 heteroatoms. The lowest BCUT2D eigenvalue weighted by Gasteiger charge is -2.32. The minimum Gasteiger partial charge on any atom is -0.375 e. The maximum Gasteiger partial charge on any atom is 0.244 e. The summed E-state index contributed by atoms with van der Waals surface area (Å²) in [7, 11) is -3.70. The van der Waals surface area contributed by atoms with E-state index in [1.165, 1.54) is 16.4 Å². The number of hydrogen-bond donors (Lipinski definition) is 0. The molecule has 3 rings (SSSR count). The molecule has 2 aromatic carbocycles. The molecule has 124 valence electrons. The first-order chi connectivity index (χ1) is 11.6. The van der Waals surface area contributed by atoms with Crippen LogP contribution in [-0.4, -0.2) is 38.5 Å². The van der Waals surface area contributed by atoms with Gasteiger partial charge < -0.3 is 4.74 Å². The standard InChI is InChI=1S/C18H18N2O3S/c19-13-16-8-4-5-9-18(16)24(21,22)20-10-11-23-17(14-20)12-15-6-2-1-3-7-15/h1-9,17H,10-12,14H2. The second-order valence-corrected chi connectivity index (χ2v) is 7.56. The van der Waals surface area contributed by atoms with Crippen molar-refractivity contribution >= 4 is 10.0 Å². The topological polar surface area (TPSA) is 70.4 Å². The Balaban J connectivity index is 1.80. The van der Waals surface area contributed by atoms with Crippen LogP contribution in [0.15, 0.2) is 59.5 Å². The lowest BCUT2D eigenvalue weighted by molar-refractivity contribution is -0.000499. The fourth-order valence-corrected chi connectivity index (χ4v) is 4.43. The molecule has 24 heavy (non-hydrogen) atoms. The van der Waals surface area contributed by atoms with Crippen LogP contribution in [0.4, 0.5) is 0 Å². The molecule has 0 bridgehead atoms. The maximum absolute atomic E-state index is 12.9. The summed E-state index contributed by atoms with van der Waals surface area (Å²) in [4.78, 5) is 0.0628. The van der Waals surface area contributed by atoms with Crippen LogP contribution in [0.1, 0.15) is 11.1 Å². The van der Waals surface area contributed by atoms with Crippen LogP contribution in [0.5, 0.6) is 0 Å². The van der Waals surface area contributed by atoms with Crippen molar-refractivity contribution in [2.24, 2.45) is 0 Å². The van der Waals surface area contributed by atoms with Gasteiger partial charge in [0.05, 0.1) is 23.2 Å². The van der Waals surface area contributed by atoms with Gasteiger partial charge in [0, 0.05) is 13.1 Å². The maximum atomic E-state index is 12.9. The van der Waals surface area contributed by atoms with Crippen LogP contribution in [0.3, 0.4) is 0 Å². The predicted octanol–water partition coefficient (Wildman–Crippen LogP) is 2.19. The largest absolute Gasteiger partial charge is 0.375 e. The van der Waals surface area contributed by atoms with Crippen molar-refractivity contribution < 1.29 is 13.2 Å². The minimum atomic E-state index is -3.70. The summed E-state index contributed by atoms with van der Waals surface area (Å²) < 4.78 is 32.9. The molecule has 0 radical (unpaired) electrons. The minimum absolute atomic E-state index is 0.0628. The van der Waals surface area contributed by atoms with Crippen molar-refractivity contribution in [1.29, 1.82) is 5.26 Å². The highest BCUT2D eigenvalue weighted by molar-refractivity contribution is 7.89. The van der Waals surface area contributed by atoms with Crippen LogP contribution < -0.4 is 0 Å².